The molecule has 0 bridgehead atoms. The van der Waals surface area contributed by atoms with E-state index in [4.69, 9.17) is 0 Å². The lowest BCUT2D eigenvalue weighted by atomic mass is 10.3. The first-order valence-electron chi connectivity index (χ1n) is 4.37. The monoisotopic (exact) mass is 187 g/mol. The zero-order valence-corrected chi connectivity index (χ0v) is 8.38. The van der Waals surface area contributed by atoms with Crippen molar-refractivity contribution in [2.75, 3.05) is 0 Å². The second kappa shape index (κ2) is 5.80. The quantitative estimate of drug-likeness (QED) is 0.634. The fourth-order valence-electron chi connectivity index (χ4n) is 0.822. The highest BCUT2D eigenvalue weighted by atomic mass is 14.8. The lowest BCUT2D eigenvalue weighted by molar-refractivity contribution is 1.13. The van der Waals surface area contributed by atoms with E-state index in [1.165, 1.54) is 11.9 Å². The van der Waals surface area contributed by atoms with Crippen molar-refractivity contribution in [3.63, 3.8) is 0 Å². The summed E-state index contributed by atoms with van der Waals surface area (Å²) in [7, 11) is 0. The van der Waals surface area contributed by atoms with Gasteiger partial charge in [0.1, 0.15) is 6.33 Å². The Hall–Kier alpha value is -1.77. The lowest BCUT2D eigenvalue weighted by Crippen LogP contribution is -1.75. The Bertz CT molecular complexity index is 308. The van der Waals surface area contributed by atoms with Crippen LogP contribution in [0.1, 0.15) is 11.1 Å². The standard InChI is InChI=1S/C6H7N.C5H6N2/c1-6-3-2-4-7-5-6;1-5-2-6-4-7-3-5/h2-5H,1H3;2-4H,1H3. The Kier molecular flexibility index (Phi) is 4.27. The first-order chi connectivity index (χ1) is 6.79. The minimum atomic E-state index is 1.10. The van der Waals surface area contributed by atoms with Crippen LogP contribution in [-0.4, -0.2) is 15.0 Å². The Morgan fingerprint density at radius 2 is 1.50 bits per heavy atom. The molecule has 0 unspecified atom stereocenters. The molecule has 0 saturated heterocycles. The summed E-state index contributed by atoms with van der Waals surface area (Å²) in [4.78, 5) is 11.4. The first-order valence-corrected chi connectivity index (χ1v) is 4.37. The maximum atomic E-state index is 3.88. The fraction of sp³-hybridized carbons (Fsp3) is 0.182. The molecule has 3 heteroatoms. The van der Waals surface area contributed by atoms with Gasteiger partial charge in [0.25, 0.3) is 0 Å². The molecule has 0 amide bonds. The average molecular weight is 187 g/mol. The van der Waals surface area contributed by atoms with E-state index < -0.39 is 0 Å². The molecule has 0 aliphatic rings. The van der Waals surface area contributed by atoms with Crippen LogP contribution in [-0.2, 0) is 0 Å². The van der Waals surface area contributed by atoms with Gasteiger partial charge in [-0.3, -0.25) is 4.98 Å². The number of aryl methyl sites for hydroxylation is 2. The molecule has 2 heterocycles. The zero-order valence-electron chi connectivity index (χ0n) is 8.38. The summed E-state index contributed by atoms with van der Waals surface area (Å²) in [5.41, 5.74) is 2.31. The number of hydrogen-bond acceptors (Lipinski definition) is 3. The third kappa shape index (κ3) is 4.30. The van der Waals surface area contributed by atoms with Gasteiger partial charge in [0.15, 0.2) is 0 Å². The van der Waals surface area contributed by atoms with E-state index in [-0.39, 0.29) is 0 Å². The maximum Gasteiger partial charge on any atom is 0.115 e. The topological polar surface area (TPSA) is 38.7 Å². The molecule has 0 aromatic carbocycles. The summed E-state index contributed by atoms with van der Waals surface area (Å²) in [6, 6.07) is 3.95. The van der Waals surface area contributed by atoms with Crippen LogP contribution in [0, 0.1) is 13.8 Å². The van der Waals surface area contributed by atoms with Gasteiger partial charge >= 0.3 is 0 Å². The van der Waals surface area contributed by atoms with E-state index in [0.717, 1.165) is 5.56 Å². The number of aromatic nitrogens is 3. The van der Waals surface area contributed by atoms with Crippen molar-refractivity contribution in [2.45, 2.75) is 13.8 Å². The molecule has 0 aliphatic carbocycles. The number of nitrogens with zero attached hydrogens (tertiary/aromatic N) is 3. The Balaban J connectivity index is 0.000000140. The molecule has 2 aromatic heterocycles. The molecule has 0 N–H and O–H groups in total. The van der Waals surface area contributed by atoms with Gasteiger partial charge in [-0.1, -0.05) is 6.07 Å². The molecule has 0 aliphatic heterocycles. The third-order valence-corrected chi connectivity index (χ3v) is 1.50. The van der Waals surface area contributed by atoms with Crippen LogP contribution in [0.15, 0.2) is 43.2 Å². The van der Waals surface area contributed by atoms with Crippen LogP contribution >= 0.6 is 0 Å². The van der Waals surface area contributed by atoms with Crippen molar-refractivity contribution in [2.24, 2.45) is 0 Å². The molecular formula is C11H13N3. The van der Waals surface area contributed by atoms with E-state index in [2.05, 4.69) is 15.0 Å². The van der Waals surface area contributed by atoms with Crippen LogP contribution in [0.3, 0.4) is 0 Å². The van der Waals surface area contributed by atoms with E-state index in [9.17, 15) is 0 Å². The van der Waals surface area contributed by atoms with Gasteiger partial charge in [-0.15, -0.1) is 0 Å². The smallest absolute Gasteiger partial charge is 0.115 e. The van der Waals surface area contributed by atoms with Crippen molar-refractivity contribution >= 4 is 0 Å². The van der Waals surface area contributed by atoms with Gasteiger partial charge in [0, 0.05) is 24.8 Å². The van der Waals surface area contributed by atoms with Crippen molar-refractivity contribution in [3.8, 4) is 0 Å². The predicted molar refractivity (Wildman–Crippen MR) is 55.7 cm³/mol. The maximum absolute atomic E-state index is 3.88. The van der Waals surface area contributed by atoms with Crippen LogP contribution in [0.25, 0.3) is 0 Å². The van der Waals surface area contributed by atoms with Gasteiger partial charge in [-0.05, 0) is 31.0 Å². The molecule has 2 rings (SSSR count). The molecular weight excluding hydrogens is 174 g/mol. The second-order valence-corrected chi connectivity index (χ2v) is 2.95. The van der Waals surface area contributed by atoms with Crippen LogP contribution in [0.2, 0.25) is 0 Å². The Morgan fingerprint density at radius 3 is 1.79 bits per heavy atom. The number of rotatable bonds is 0. The summed E-state index contributed by atoms with van der Waals surface area (Å²) in [6.45, 7) is 3.98. The lowest BCUT2D eigenvalue weighted by Gasteiger charge is -1.82. The molecule has 0 spiro atoms. The molecule has 0 atom stereocenters. The van der Waals surface area contributed by atoms with Gasteiger partial charge in [0.2, 0.25) is 0 Å². The van der Waals surface area contributed by atoms with Gasteiger partial charge < -0.3 is 0 Å². The number of hydrogen-bond donors (Lipinski definition) is 0. The van der Waals surface area contributed by atoms with Gasteiger partial charge in [-0.25, -0.2) is 9.97 Å². The summed E-state index contributed by atoms with van der Waals surface area (Å²) in [6.07, 6.45) is 8.67. The fourth-order valence-corrected chi connectivity index (χ4v) is 0.822. The van der Waals surface area contributed by atoms with Gasteiger partial charge in [0.05, 0.1) is 0 Å². The summed E-state index contributed by atoms with van der Waals surface area (Å²) >= 11 is 0. The normalized spacial score (nSPS) is 8.71. The van der Waals surface area contributed by atoms with E-state index >= 15 is 0 Å². The molecule has 0 fully saturated rings. The minimum Gasteiger partial charge on any atom is -0.264 e. The molecule has 0 saturated carbocycles. The zero-order chi connectivity index (χ0) is 10.2. The predicted octanol–water partition coefficient (Wildman–Crippen LogP) is 2.18. The van der Waals surface area contributed by atoms with Crippen molar-refractivity contribution in [3.05, 3.63) is 54.4 Å². The van der Waals surface area contributed by atoms with Crippen LogP contribution in [0.4, 0.5) is 0 Å². The third-order valence-electron chi connectivity index (χ3n) is 1.50. The van der Waals surface area contributed by atoms with Crippen LogP contribution in [0.5, 0.6) is 0 Å². The van der Waals surface area contributed by atoms with E-state index in [1.54, 1.807) is 18.6 Å². The van der Waals surface area contributed by atoms with Crippen molar-refractivity contribution in [1.82, 2.24) is 15.0 Å². The Morgan fingerprint density at radius 1 is 0.857 bits per heavy atom. The Labute approximate surface area is 83.9 Å². The molecule has 0 radical (unpaired) electrons. The SMILES string of the molecule is Cc1cccnc1.Cc1cncnc1. The minimum absolute atomic E-state index is 1.10. The molecule has 3 nitrogen and oxygen atoms in total. The molecule has 14 heavy (non-hydrogen) atoms. The first kappa shape index (κ1) is 10.3. The number of pyridine rings is 1. The highest BCUT2D eigenvalue weighted by molar-refractivity contribution is 5.04. The average Bonchev–Trinajstić information content (AvgIpc) is 2.21. The van der Waals surface area contributed by atoms with Crippen molar-refractivity contribution < 1.29 is 0 Å². The molecule has 72 valence electrons. The van der Waals surface area contributed by atoms with E-state index in [0.29, 0.717) is 0 Å². The summed E-state index contributed by atoms with van der Waals surface area (Å²) < 4.78 is 0. The van der Waals surface area contributed by atoms with Crippen molar-refractivity contribution in [1.29, 1.82) is 0 Å². The summed E-state index contributed by atoms with van der Waals surface area (Å²) in [5, 5.41) is 0. The van der Waals surface area contributed by atoms with Gasteiger partial charge in [-0.2, -0.15) is 0 Å². The van der Waals surface area contributed by atoms with Crippen LogP contribution < -0.4 is 0 Å². The molecule has 2 aromatic rings. The highest BCUT2D eigenvalue weighted by Gasteiger charge is 1.74. The second-order valence-electron chi connectivity index (χ2n) is 2.95. The largest absolute Gasteiger partial charge is 0.264 e. The van der Waals surface area contributed by atoms with E-state index in [1.807, 2.05) is 32.2 Å². The highest BCUT2D eigenvalue weighted by Crippen LogP contribution is 1.88. The summed E-state index contributed by atoms with van der Waals surface area (Å²) in [5.74, 6) is 0.